The third-order valence-electron chi connectivity index (χ3n) is 3.87. The highest BCUT2D eigenvalue weighted by atomic mass is 16.5. The monoisotopic (exact) mass is 321 g/mol. The molecule has 0 saturated heterocycles. The lowest BCUT2D eigenvalue weighted by Crippen LogP contribution is -2.43. The first-order chi connectivity index (χ1) is 11.5. The fourth-order valence-electron chi connectivity index (χ4n) is 2.55. The number of fused-ring (bicyclic) bond motifs is 1. The van der Waals surface area contributed by atoms with Crippen LogP contribution in [0.5, 0.6) is 0 Å². The van der Waals surface area contributed by atoms with Crippen LogP contribution in [0.25, 0.3) is 5.76 Å². The molecule has 0 fully saturated rings. The summed E-state index contributed by atoms with van der Waals surface area (Å²) in [6.45, 7) is 5.18. The van der Waals surface area contributed by atoms with Gasteiger partial charge in [0, 0.05) is 5.56 Å². The summed E-state index contributed by atoms with van der Waals surface area (Å²) in [5.74, 6) is -1.53. The van der Waals surface area contributed by atoms with Crippen LogP contribution in [0.4, 0.5) is 0 Å². The van der Waals surface area contributed by atoms with Gasteiger partial charge in [0.25, 0.3) is 11.8 Å². The Kier molecular flexibility index (Phi) is 4.00. The Labute approximate surface area is 139 Å². The summed E-state index contributed by atoms with van der Waals surface area (Å²) in [5.41, 5.74) is 1.24. The summed E-state index contributed by atoms with van der Waals surface area (Å²) in [6.07, 6.45) is 0. The molecule has 0 aliphatic carbocycles. The zero-order valence-electron chi connectivity index (χ0n) is 13.1. The van der Waals surface area contributed by atoms with E-state index in [4.69, 9.17) is 4.74 Å². The number of benzene rings is 2. The highest BCUT2D eigenvalue weighted by molar-refractivity contribution is 6.22. The molecule has 0 bridgehead atoms. The van der Waals surface area contributed by atoms with Crippen molar-refractivity contribution >= 4 is 23.5 Å². The Bertz CT molecular complexity index is 806. The van der Waals surface area contributed by atoms with Crippen molar-refractivity contribution in [3.8, 4) is 0 Å². The van der Waals surface area contributed by atoms with E-state index in [1.807, 2.05) is 6.07 Å². The van der Waals surface area contributed by atoms with Gasteiger partial charge in [-0.2, -0.15) is 0 Å². The van der Waals surface area contributed by atoms with Crippen molar-refractivity contribution in [1.29, 1.82) is 0 Å². The lowest BCUT2D eigenvalue weighted by molar-refractivity contribution is -0.140. The Morgan fingerprint density at radius 2 is 1.46 bits per heavy atom. The molecule has 2 amide bonds. The smallest absolute Gasteiger partial charge is 0.334 e. The fourth-order valence-corrected chi connectivity index (χ4v) is 2.55. The quantitative estimate of drug-likeness (QED) is 0.493. The average molecular weight is 321 g/mol. The third-order valence-corrected chi connectivity index (χ3v) is 3.87. The maximum Gasteiger partial charge on any atom is 0.334 e. The Morgan fingerprint density at radius 1 is 0.958 bits per heavy atom. The number of rotatable bonds is 4. The van der Waals surface area contributed by atoms with Crippen molar-refractivity contribution in [3.05, 3.63) is 77.9 Å². The van der Waals surface area contributed by atoms with Gasteiger partial charge in [-0.25, -0.2) is 4.79 Å². The van der Waals surface area contributed by atoms with Crippen LogP contribution in [-0.4, -0.2) is 28.7 Å². The molecule has 0 saturated carbocycles. The average Bonchev–Trinajstić information content (AvgIpc) is 2.86. The minimum Gasteiger partial charge on any atom is -0.425 e. The summed E-state index contributed by atoms with van der Waals surface area (Å²) in [4.78, 5) is 38.0. The van der Waals surface area contributed by atoms with Gasteiger partial charge in [-0.3, -0.25) is 14.5 Å². The molecule has 1 heterocycles. The first-order valence-electron chi connectivity index (χ1n) is 7.43. The largest absolute Gasteiger partial charge is 0.425 e. The number of hydrogen-bond acceptors (Lipinski definition) is 4. The van der Waals surface area contributed by atoms with Crippen LogP contribution in [0.2, 0.25) is 0 Å². The van der Waals surface area contributed by atoms with Gasteiger partial charge in [0.1, 0.15) is 11.8 Å². The van der Waals surface area contributed by atoms with Crippen molar-refractivity contribution in [2.24, 2.45) is 0 Å². The zero-order chi connectivity index (χ0) is 17.3. The third kappa shape index (κ3) is 2.60. The van der Waals surface area contributed by atoms with Gasteiger partial charge in [0.2, 0.25) is 0 Å². The van der Waals surface area contributed by atoms with Gasteiger partial charge < -0.3 is 4.74 Å². The number of ether oxygens (including phenoxy) is 1. The molecule has 0 spiro atoms. The second kappa shape index (κ2) is 6.12. The minimum absolute atomic E-state index is 0.170. The van der Waals surface area contributed by atoms with Crippen molar-refractivity contribution in [3.63, 3.8) is 0 Å². The lowest BCUT2D eigenvalue weighted by Gasteiger charge is -2.21. The van der Waals surface area contributed by atoms with E-state index in [1.54, 1.807) is 48.5 Å². The molecule has 2 aromatic carbocycles. The van der Waals surface area contributed by atoms with E-state index < -0.39 is 23.8 Å². The maximum absolute atomic E-state index is 12.4. The molecule has 1 atom stereocenters. The van der Waals surface area contributed by atoms with Gasteiger partial charge in [0.05, 0.1) is 11.1 Å². The van der Waals surface area contributed by atoms with Gasteiger partial charge in [-0.15, -0.1) is 0 Å². The first-order valence-corrected chi connectivity index (χ1v) is 7.43. The summed E-state index contributed by atoms with van der Waals surface area (Å²) < 4.78 is 5.23. The van der Waals surface area contributed by atoms with Crippen LogP contribution in [0.15, 0.2) is 61.2 Å². The molecule has 0 aromatic heterocycles. The molecular weight excluding hydrogens is 306 g/mol. The van der Waals surface area contributed by atoms with Gasteiger partial charge >= 0.3 is 5.97 Å². The molecule has 5 heteroatoms. The second-order valence-corrected chi connectivity index (χ2v) is 5.41. The number of esters is 1. The second-order valence-electron chi connectivity index (χ2n) is 5.41. The van der Waals surface area contributed by atoms with Crippen LogP contribution in [0.3, 0.4) is 0 Å². The Morgan fingerprint density at radius 3 is 2.00 bits per heavy atom. The number of carbonyl (C=O) groups excluding carboxylic acids is 3. The number of carbonyl (C=O) groups is 3. The molecule has 120 valence electrons. The molecule has 2 aromatic rings. The first kappa shape index (κ1) is 15.7. The van der Waals surface area contributed by atoms with Crippen molar-refractivity contribution in [2.45, 2.75) is 13.0 Å². The van der Waals surface area contributed by atoms with Crippen LogP contribution in [0.1, 0.15) is 33.2 Å². The van der Waals surface area contributed by atoms with Gasteiger partial charge in [-0.1, -0.05) is 49.0 Å². The predicted octanol–water partition coefficient (Wildman–Crippen LogP) is 2.89. The minimum atomic E-state index is -1.04. The summed E-state index contributed by atoms with van der Waals surface area (Å²) in [5, 5.41) is 0. The number of hydrogen-bond donors (Lipinski definition) is 0. The molecule has 0 N–H and O–H groups in total. The van der Waals surface area contributed by atoms with Crippen LogP contribution in [-0.2, 0) is 9.53 Å². The topological polar surface area (TPSA) is 63.7 Å². The van der Waals surface area contributed by atoms with E-state index in [2.05, 4.69) is 6.58 Å². The van der Waals surface area contributed by atoms with Gasteiger partial charge in [0.15, 0.2) is 0 Å². The van der Waals surface area contributed by atoms with E-state index in [0.717, 1.165) is 4.90 Å². The lowest BCUT2D eigenvalue weighted by atomic mass is 10.1. The predicted molar refractivity (Wildman–Crippen MR) is 88.0 cm³/mol. The maximum atomic E-state index is 12.4. The zero-order valence-corrected chi connectivity index (χ0v) is 13.1. The van der Waals surface area contributed by atoms with Crippen molar-refractivity contribution < 1.29 is 19.1 Å². The molecule has 3 rings (SSSR count). The molecule has 24 heavy (non-hydrogen) atoms. The van der Waals surface area contributed by atoms with E-state index in [0.29, 0.717) is 16.7 Å². The van der Waals surface area contributed by atoms with E-state index in [9.17, 15) is 14.4 Å². The fraction of sp³-hybridized carbons (Fsp3) is 0.105. The molecular formula is C19H15NO4. The molecule has 1 aliphatic rings. The normalized spacial score (nSPS) is 14.3. The van der Waals surface area contributed by atoms with Crippen molar-refractivity contribution in [2.75, 3.05) is 0 Å². The Balaban J connectivity index is 1.76. The van der Waals surface area contributed by atoms with E-state index >= 15 is 0 Å². The summed E-state index contributed by atoms with van der Waals surface area (Å²) in [6, 6.07) is 14.4. The van der Waals surface area contributed by atoms with Crippen molar-refractivity contribution in [1.82, 2.24) is 4.90 Å². The van der Waals surface area contributed by atoms with Gasteiger partial charge in [-0.05, 0) is 19.1 Å². The Hall–Kier alpha value is -3.21. The standard InChI is InChI=1S/C19H15NO4/c1-12(19(23)24-13(2)14-8-4-3-5-9-14)20-17(21)15-10-6-7-11-16(15)18(20)22/h3-12H,2H2,1H3/t12-/m0/s1. The van der Waals surface area contributed by atoms with E-state index in [-0.39, 0.29) is 5.76 Å². The molecule has 1 aliphatic heterocycles. The summed E-state index contributed by atoms with van der Waals surface area (Å²) in [7, 11) is 0. The van der Waals surface area contributed by atoms with Crippen LogP contribution >= 0.6 is 0 Å². The number of nitrogens with zero attached hydrogens (tertiary/aromatic N) is 1. The van der Waals surface area contributed by atoms with Crippen LogP contribution < -0.4 is 0 Å². The van der Waals surface area contributed by atoms with E-state index in [1.165, 1.54) is 6.92 Å². The number of amides is 2. The van der Waals surface area contributed by atoms with Crippen LogP contribution in [0, 0.1) is 0 Å². The number of imide groups is 1. The molecule has 5 nitrogen and oxygen atoms in total. The highest BCUT2D eigenvalue weighted by Gasteiger charge is 2.41. The molecule has 0 unspecified atom stereocenters. The molecule has 0 radical (unpaired) electrons. The highest BCUT2D eigenvalue weighted by Crippen LogP contribution is 2.25. The summed E-state index contributed by atoms with van der Waals surface area (Å²) >= 11 is 0. The SMILES string of the molecule is C=C(OC(=O)[C@H](C)N1C(=O)c2ccccc2C1=O)c1ccccc1.